The highest BCUT2D eigenvalue weighted by molar-refractivity contribution is 8.31. The number of hydrogen-bond acceptors (Lipinski definition) is 4. The summed E-state index contributed by atoms with van der Waals surface area (Å²) in [7, 11) is -0.291. The molecule has 2 aliphatic rings. The fraction of sp³-hybridized carbons (Fsp3) is 1.00. The van der Waals surface area contributed by atoms with Crippen molar-refractivity contribution in [2.24, 2.45) is 0 Å². The van der Waals surface area contributed by atoms with Crippen molar-refractivity contribution in [3.8, 4) is 0 Å². The fourth-order valence-electron chi connectivity index (χ4n) is 2.00. The van der Waals surface area contributed by atoms with Crippen LogP contribution in [0.1, 0.15) is 55.4 Å². The molecule has 0 aromatic heterocycles. The Morgan fingerprint density at radius 1 is 0.667 bits per heavy atom. The molecule has 2 fully saturated rings. The number of rotatable bonds is 1. The lowest BCUT2D eigenvalue weighted by Crippen LogP contribution is -2.41. The molecule has 0 amide bonds. The monoisotopic (exact) mass is 270 g/mol. The van der Waals surface area contributed by atoms with Crippen molar-refractivity contribution in [2.75, 3.05) is 0 Å². The molecule has 0 N–H and O–H groups in total. The van der Waals surface area contributed by atoms with Gasteiger partial charge in [-0.1, -0.05) is 0 Å². The lowest BCUT2D eigenvalue weighted by Gasteiger charge is -2.33. The molecule has 0 aromatic rings. The molecule has 0 aromatic carbocycles. The normalized spacial score (nSPS) is 32.0. The molecule has 0 atom stereocenters. The number of hydrogen-bond donors (Lipinski definition) is 0. The fourth-order valence-corrected chi connectivity index (χ4v) is 3.42. The van der Waals surface area contributed by atoms with Crippen molar-refractivity contribution in [1.29, 1.82) is 0 Å². The van der Waals surface area contributed by atoms with Crippen LogP contribution in [0.3, 0.4) is 0 Å². The predicted octanol–water partition coefficient (Wildman–Crippen LogP) is 2.97. The first-order valence-electron chi connectivity index (χ1n) is 6.59. The minimum absolute atomic E-state index is 0.0568. The second-order valence-corrected chi connectivity index (χ2v) is 8.97. The average molecular weight is 270 g/mol. The Bertz CT molecular complexity index is 289. The topological polar surface area (TPSA) is 27.7 Å². The van der Waals surface area contributed by atoms with Crippen LogP contribution in [-0.4, -0.2) is 34.6 Å². The van der Waals surface area contributed by atoms with Gasteiger partial charge in [0.1, 0.15) is 0 Å². The van der Waals surface area contributed by atoms with Gasteiger partial charge in [0.25, 0.3) is 0 Å². The molecule has 3 nitrogen and oxygen atoms in total. The largest absolute Gasteiger partial charge is 0.462 e. The predicted molar refractivity (Wildman–Crippen MR) is 78.7 cm³/mol. The SMILES string of the molecule is CC1(C)OB(B2OC(C)(C)C(C)(C)S2)OC1(C)C. The molecule has 0 aliphatic carbocycles. The molecule has 102 valence electrons. The molecule has 2 aliphatic heterocycles. The van der Waals surface area contributed by atoms with E-state index >= 15 is 0 Å². The van der Waals surface area contributed by atoms with Gasteiger partial charge in [-0.05, 0) is 55.4 Å². The van der Waals surface area contributed by atoms with E-state index in [1.54, 1.807) is 11.6 Å². The van der Waals surface area contributed by atoms with Crippen LogP contribution in [-0.2, 0) is 14.0 Å². The Morgan fingerprint density at radius 3 is 1.44 bits per heavy atom. The summed E-state index contributed by atoms with van der Waals surface area (Å²) < 4.78 is 18.3. The summed E-state index contributed by atoms with van der Waals surface area (Å²) in [6.45, 7) is 17.0. The Balaban J connectivity index is 2.14. The third kappa shape index (κ3) is 2.15. The van der Waals surface area contributed by atoms with Gasteiger partial charge in [-0.15, -0.1) is 0 Å². The molecule has 2 saturated heterocycles. The molecule has 0 saturated carbocycles. The van der Waals surface area contributed by atoms with E-state index in [0.29, 0.717) is 0 Å². The van der Waals surface area contributed by atoms with Gasteiger partial charge in [0.15, 0.2) is 0 Å². The molecule has 2 heterocycles. The second-order valence-electron chi connectivity index (χ2n) is 7.25. The van der Waals surface area contributed by atoms with Gasteiger partial charge in [-0.3, -0.25) is 0 Å². The van der Waals surface area contributed by atoms with Crippen molar-refractivity contribution in [3.63, 3.8) is 0 Å². The smallest absolute Gasteiger partial charge is 0.421 e. The van der Waals surface area contributed by atoms with Gasteiger partial charge in [0.05, 0.1) is 16.8 Å². The van der Waals surface area contributed by atoms with Crippen molar-refractivity contribution in [3.05, 3.63) is 0 Å². The van der Waals surface area contributed by atoms with Gasteiger partial charge >= 0.3 is 13.1 Å². The van der Waals surface area contributed by atoms with E-state index in [2.05, 4.69) is 55.4 Å². The summed E-state index contributed by atoms with van der Waals surface area (Å²) in [6, 6.07) is 0. The van der Waals surface area contributed by atoms with Crippen LogP contribution in [0.5, 0.6) is 0 Å². The summed E-state index contributed by atoms with van der Waals surface area (Å²) in [6.07, 6.45) is -0.0592. The zero-order valence-electron chi connectivity index (χ0n) is 12.8. The van der Waals surface area contributed by atoms with E-state index in [4.69, 9.17) is 14.0 Å². The van der Waals surface area contributed by atoms with E-state index in [1.165, 1.54) is 0 Å². The first-order chi connectivity index (χ1) is 7.88. The molecule has 0 spiro atoms. The van der Waals surface area contributed by atoms with Gasteiger partial charge in [-0.25, -0.2) is 0 Å². The minimum Gasteiger partial charge on any atom is -0.421 e. The molecular formula is C12H24B2O3S. The lowest BCUT2D eigenvalue weighted by atomic mass is 9.54. The summed E-state index contributed by atoms with van der Waals surface area (Å²) in [4.78, 5) is 0. The molecule has 6 heteroatoms. The van der Waals surface area contributed by atoms with Gasteiger partial charge < -0.3 is 14.0 Å². The first-order valence-corrected chi connectivity index (χ1v) is 7.47. The van der Waals surface area contributed by atoms with E-state index in [9.17, 15) is 0 Å². The van der Waals surface area contributed by atoms with Crippen LogP contribution in [0, 0.1) is 0 Å². The Kier molecular flexibility index (Phi) is 3.23. The summed E-state index contributed by atoms with van der Waals surface area (Å²) in [5.74, 6) is 0. The van der Waals surface area contributed by atoms with Gasteiger partial charge in [0, 0.05) is 4.75 Å². The maximum atomic E-state index is 6.15. The van der Waals surface area contributed by atoms with Gasteiger partial charge in [-0.2, -0.15) is 11.6 Å². The zero-order chi connectivity index (χ0) is 14.0. The van der Waals surface area contributed by atoms with Crippen LogP contribution in [0.2, 0.25) is 0 Å². The molecule has 0 bridgehead atoms. The highest BCUT2D eigenvalue weighted by atomic mass is 32.2. The molecule has 18 heavy (non-hydrogen) atoms. The standard InChI is InChI=1S/C12H24B2O3S/c1-9(2)10(3,4)16-13(15-9)14-17-11(5,6)12(7,8)18-14/h1-8H3. The Labute approximate surface area is 116 Å². The van der Waals surface area contributed by atoms with Crippen molar-refractivity contribution in [1.82, 2.24) is 0 Å². The van der Waals surface area contributed by atoms with Crippen molar-refractivity contribution in [2.45, 2.75) is 76.9 Å². The average Bonchev–Trinajstić information content (AvgIpc) is 2.45. The highest BCUT2D eigenvalue weighted by Gasteiger charge is 2.62. The Morgan fingerprint density at radius 2 is 1.11 bits per heavy atom. The first kappa shape index (κ1) is 14.8. The summed E-state index contributed by atoms with van der Waals surface area (Å²) in [5.41, 5.74) is -0.761. The maximum absolute atomic E-state index is 6.15. The van der Waals surface area contributed by atoms with Gasteiger partial charge in [0.2, 0.25) is 0 Å². The zero-order valence-corrected chi connectivity index (χ0v) is 13.6. The molecule has 2 rings (SSSR count). The van der Waals surface area contributed by atoms with Crippen LogP contribution < -0.4 is 0 Å². The van der Waals surface area contributed by atoms with Crippen LogP contribution >= 0.6 is 11.6 Å². The maximum Gasteiger partial charge on any atom is 0.462 e. The van der Waals surface area contributed by atoms with E-state index < -0.39 is 0 Å². The third-order valence-corrected chi connectivity index (χ3v) is 6.40. The molecule has 0 radical (unpaired) electrons. The second kappa shape index (κ2) is 3.94. The minimum atomic E-state index is -0.293. The highest BCUT2D eigenvalue weighted by Crippen LogP contribution is 2.50. The summed E-state index contributed by atoms with van der Waals surface area (Å²) >= 11 is 1.80. The van der Waals surface area contributed by atoms with Crippen LogP contribution in [0.4, 0.5) is 0 Å². The van der Waals surface area contributed by atoms with E-state index in [1.807, 2.05) is 0 Å². The van der Waals surface area contributed by atoms with Crippen LogP contribution in [0.15, 0.2) is 0 Å². The quantitative estimate of drug-likeness (QED) is 0.684. The summed E-state index contributed by atoms with van der Waals surface area (Å²) in [5, 5.41) is 0. The Hall–Kier alpha value is 0.360. The van der Waals surface area contributed by atoms with Crippen molar-refractivity contribution < 1.29 is 14.0 Å². The molecular weight excluding hydrogens is 246 g/mol. The van der Waals surface area contributed by atoms with E-state index in [-0.39, 0.29) is 34.6 Å². The molecule has 0 unspecified atom stereocenters. The van der Waals surface area contributed by atoms with Crippen molar-refractivity contribution >= 4 is 24.7 Å². The third-order valence-electron chi connectivity index (χ3n) is 4.77. The van der Waals surface area contributed by atoms with E-state index in [0.717, 1.165) is 0 Å². The van der Waals surface area contributed by atoms with Crippen LogP contribution in [0.25, 0.3) is 0 Å². The lowest BCUT2D eigenvalue weighted by molar-refractivity contribution is 0.00578.